The molecule has 36 heavy (non-hydrogen) atoms. The maximum atomic E-state index is 13.4. The highest BCUT2D eigenvalue weighted by Gasteiger charge is 2.48. The highest BCUT2D eigenvalue weighted by molar-refractivity contribution is 7.22. The van der Waals surface area contributed by atoms with Crippen LogP contribution in [0.3, 0.4) is 0 Å². The van der Waals surface area contributed by atoms with Crippen LogP contribution in [0.4, 0.5) is 5.13 Å². The summed E-state index contributed by atoms with van der Waals surface area (Å²) in [5.74, 6) is -0.607. The van der Waals surface area contributed by atoms with Crippen molar-refractivity contribution in [3.05, 3.63) is 83.7 Å². The molecule has 8 nitrogen and oxygen atoms in total. The zero-order chi connectivity index (χ0) is 25.2. The zero-order valence-corrected chi connectivity index (χ0v) is 20.5. The number of amides is 1. The lowest BCUT2D eigenvalue weighted by Crippen LogP contribution is -2.29. The number of carbonyl (C=O) groups is 2. The normalized spacial score (nSPS) is 17.1. The van der Waals surface area contributed by atoms with Crippen molar-refractivity contribution >= 4 is 44.1 Å². The van der Waals surface area contributed by atoms with Gasteiger partial charge in [-0.25, -0.2) is 4.98 Å². The third kappa shape index (κ3) is 4.18. The highest BCUT2D eigenvalue weighted by Crippen LogP contribution is 2.44. The van der Waals surface area contributed by atoms with Crippen LogP contribution in [0.25, 0.3) is 16.0 Å². The number of ether oxygens (including phenoxy) is 2. The predicted octanol–water partition coefficient (Wildman–Crippen LogP) is 5.12. The molecular formula is C27H23N3O5S. The summed E-state index contributed by atoms with van der Waals surface area (Å²) in [6, 6.07) is 14.9. The third-order valence-electron chi connectivity index (χ3n) is 5.73. The smallest absolute Gasteiger partial charge is 0.301 e. The van der Waals surface area contributed by atoms with Crippen molar-refractivity contribution < 1.29 is 24.2 Å². The summed E-state index contributed by atoms with van der Waals surface area (Å²) in [6.07, 6.45) is 3.18. The minimum atomic E-state index is -0.902. The van der Waals surface area contributed by atoms with Crippen molar-refractivity contribution in [2.75, 3.05) is 18.1 Å². The van der Waals surface area contributed by atoms with Crippen molar-refractivity contribution in [2.45, 2.75) is 19.9 Å². The minimum absolute atomic E-state index is 0.0316. The molecule has 1 atom stereocenters. The number of aliphatic hydroxyl groups excluding tert-OH is 1. The van der Waals surface area contributed by atoms with E-state index in [0.717, 1.165) is 4.70 Å². The Morgan fingerprint density at radius 1 is 1.03 bits per heavy atom. The number of nitrogens with zero attached hydrogens (tertiary/aromatic N) is 3. The standard InChI is InChI=1S/C27H23N3O5S/c1-3-34-18-9-5-7-16(13-18)24(31)22-23(17-8-6-12-28-15-17)30(26(33)25(22)32)27-29-20-11-10-19(35-4-2)14-21(20)36-27/h5-15,23,31H,3-4H2,1-2H3. The van der Waals surface area contributed by atoms with Gasteiger partial charge in [-0.3, -0.25) is 19.5 Å². The lowest BCUT2D eigenvalue weighted by molar-refractivity contribution is -0.132. The summed E-state index contributed by atoms with van der Waals surface area (Å²) >= 11 is 1.27. The molecule has 1 amide bonds. The van der Waals surface area contributed by atoms with Gasteiger partial charge >= 0.3 is 5.91 Å². The maximum Gasteiger partial charge on any atom is 0.301 e. The molecule has 1 aliphatic rings. The Morgan fingerprint density at radius 2 is 1.81 bits per heavy atom. The van der Waals surface area contributed by atoms with Gasteiger partial charge in [0.05, 0.1) is 35.0 Å². The summed E-state index contributed by atoms with van der Waals surface area (Å²) in [7, 11) is 0. The van der Waals surface area contributed by atoms with Gasteiger partial charge in [0.25, 0.3) is 5.78 Å². The van der Waals surface area contributed by atoms with Gasteiger partial charge in [0.1, 0.15) is 17.3 Å². The lowest BCUT2D eigenvalue weighted by atomic mass is 9.96. The Kier molecular flexibility index (Phi) is 6.39. The first kappa shape index (κ1) is 23.5. The Morgan fingerprint density at radius 3 is 2.53 bits per heavy atom. The number of aromatic nitrogens is 2. The molecule has 0 bridgehead atoms. The van der Waals surface area contributed by atoms with Gasteiger partial charge in [0, 0.05) is 18.0 Å². The molecule has 0 radical (unpaired) electrons. The molecule has 4 aromatic rings. The van der Waals surface area contributed by atoms with E-state index in [-0.39, 0.29) is 11.3 Å². The number of fused-ring (bicyclic) bond motifs is 1. The molecule has 0 aliphatic carbocycles. The second-order valence-electron chi connectivity index (χ2n) is 7.98. The van der Waals surface area contributed by atoms with E-state index in [4.69, 9.17) is 9.47 Å². The molecule has 0 saturated carbocycles. The van der Waals surface area contributed by atoms with Gasteiger partial charge in [0.15, 0.2) is 5.13 Å². The van der Waals surface area contributed by atoms with Crippen LogP contribution in [0.1, 0.15) is 31.0 Å². The largest absolute Gasteiger partial charge is 0.507 e. The first-order chi connectivity index (χ1) is 17.5. The molecule has 182 valence electrons. The fourth-order valence-electron chi connectivity index (χ4n) is 4.19. The number of anilines is 1. The molecule has 5 rings (SSSR count). The van der Waals surface area contributed by atoms with Gasteiger partial charge in [-0.15, -0.1) is 0 Å². The van der Waals surface area contributed by atoms with Crippen LogP contribution in [0.2, 0.25) is 0 Å². The van der Waals surface area contributed by atoms with E-state index in [1.54, 1.807) is 48.8 Å². The first-order valence-electron chi connectivity index (χ1n) is 11.5. The minimum Gasteiger partial charge on any atom is -0.507 e. The molecule has 2 aromatic heterocycles. The van der Waals surface area contributed by atoms with Crippen molar-refractivity contribution in [3.8, 4) is 11.5 Å². The Hall–Kier alpha value is -4.24. The fourth-order valence-corrected chi connectivity index (χ4v) is 5.21. The van der Waals surface area contributed by atoms with Crippen LogP contribution in [-0.2, 0) is 9.59 Å². The highest BCUT2D eigenvalue weighted by atomic mass is 32.1. The van der Waals surface area contributed by atoms with Gasteiger partial charge in [-0.05, 0) is 55.8 Å². The van der Waals surface area contributed by atoms with Crippen molar-refractivity contribution in [1.29, 1.82) is 0 Å². The monoisotopic (exact) mass is 501 g/mol. The Labute approximate surface area is 211 Å². The third-order valence-corrected chi connectivity index (χ3v) is 6.75. The second kappa shape index (κ2) is 9.79. The van der Waals surface area contributed by atoms with E-state index in [0.29, 0.717) is 46.5 Å². The van der Waals surface area contributed by atoms with Crippen molar-refractivity contribution in [1.82, 2.24) is 9.97 Å². The van der Waals surface area contributed by atoms with Gasteiger partial charge < -0.3 is 14.6 Å². The molecule has 1 saturated heterocycles. The fraction of sp³-hybridized carbons (Fsp3) is 0.185. The van der Waals surface area contributed by atoms with Crippen LogP contribution in [0.15, 0.2) is 72.6 Å². The first-order valence-corrected chi connectivity index (χ1v) is 12.3. The number of carbonyl (C=O) groups excluding carboxylic acids is 2. The molecule has 9 heteroatoms. The van der Waals surface area contributed by atoms with Crippen LogP contribution < -0.4 is 14.4 Å². The van der Waals surface area contributed by atoms with E-state index in [1.165, 1.54) is 16.2 Å². The Bertz CT molecular complexity index is 1480. The summed E-state index contributed by atoms with van der Waals surface area (Å²) in [5.41, 5.74) is 1.59. The number of Topliss-reactive ketones (excluding diaryl/α,β-unsaturated/α-hetero) is 1. The van der Waals surface area contributed by atoms with Crippen molar-refractivity contribution in [2.24, 2.45) is 0 Å². The molecular weight excluding hydrogens is 478 g/mol. The summed E-state index contributed by atoms with van der Waals surface area (Å²) in [6.45, 7) is 4.74. The van der Waals surface area contributed by atoms with E-state index in [9.17, 15) is 14.7 Å². The van der Waals surface area contributed by atoms with Crippen LogP contribution in [-0.4, -0.2) is 40.0 Å². The average Bonchev–Trinajstić information content (AvgIpc) is 3.42. The number of thiazole rings is 1. The van der Waals surface area contributed by atoms with Crippen LogP contribution in [0.5, 0.6) is 11.5 Å². The number of rotatable bonds is 7. The molecule has 1 unspecified atom stereocenters. The summed E-state index contributed by atoms with van der Waals surface area (Å²) in [5, 5.41) is 11.6. The average molecular weight is 502 g/mol. The quantitative estimate of drug-likeness (QED) is 0.213. The van der Waals surface area contributed by atoms with Gasteiger partial charge in [-0.2, -0.15) is 0 Å². The number of aliphatic hydroxyl groups is 1. The summed E-state index contributed by atoms with van der Waals surface area (Å²) < 4.78 is 11.9. The van der Waals surface area contributed by atoms with Crippen molar-refractivity contribution in [3.63, 3.8) is 0 Å². The van der Waals surface area contributed by atoms with E-state index in [1.807, 2.05) is 32.0 Å². The molecule has 1 N–H and O–H groups in total. The SMILES string of the molecule is CCOc1cccc(C(O)=C2C(=O)C(=O)N(c3nc4ccc(OCC)cc4s3)C2c2cccnc2)c1. The molecule has 1 fully saturated rings. The molecule has 1 aliphatic heterocycles. The molecule has 2 aromatic carbocycles. The topological polar surface area (TPSA) is 102 Å². The zero-order valence-electron chi connectivity index (χ0n) is 19.7. The number of hydrogen-bond acceptors (Lipinski definition) is 8. The van der Waals surface area contributed by atoms with Gasteiger partial charge in [0.2, 0.25) is 0 Å². The van der Waals surface area contributed by atoms with Crippen LogP contribution in [0, 0.1) is 0 Å². The summed E-state index contributed by atoms with van der Waals surface area (Å²) in [4.78, 5) is 36.9. The second-order valence-corrected chi connectivity index (χ2v) is 8.98. The lowest BCUT2D eigenvalue weighted by Gasteiger charge is -2.22. The Balaban J connectivity index is 1.67. The van der Waals surface area contributed by atoms with Crippen LogP contribution >= 0.6 is 11.3 Å². The number of ketones is 1. The maximum absolute atomic E-state index is 13.4. The number of hydrogen-bond donors (Lipinski definition) is 1. The van der Waals surface area contributed by atoms with E-state index >= 15 is 0 Å². The molecule has 3 heterocycles. The molecule has 0 spiro atoms. The van der Waals surface area contributed by atoms with E-state index < -0.39 is 17.7 Å². The van der Waals surface area contributed by atoms with Gasteiger partial charge in [-0.1, -0.05) is 29.5 Å². The number of benzene rings is 2. The van der Waals surface area contributed by atoms with E-state index in [2.05, 4.69) is 9.97 Å². The number of pyridine rings is 1. The predicted molar refractivity (Wildman–Crippen MR) is 137 cm³/mol.